The Labute approximate surface area is 180 Å². The summed E-state index contributed by atoms with van der Waals surface area (Å²) < 4.78 is 5.54. The van der Waals surface area contributed by atoms with E-state index < -0.39 is 6.04 Å². The van der Waals surface area contributed by atoms with Crippen molar-refractivity contribution in [2.45, 2.75) is 64.5 Å². The summed E-state index contributed by atoms with van der Waals surface area (Å²) in [5, 5.41) is 6.23. The third-order valence-corrected chi connectivity index (χ3v) is 7.72. The molecule has 6 nitrogen and oxygen atoms in total. The highest BCUT2D eigenvalue weighted by Gasteiger charge is 2.55. The maximum absolute atomic E-state index is 13.4. The Morgan fingerprint density at radius 1 is 1.13 bits per heavy atom. The number of likely N-dealkylation sites (N-methyl/N-ethyl adjacent to an activating group) is 1. The van der Waals surface area contributed by atoms with Crippen molar-refractivity contribution in [3.05, 3.63) is 24.2 Å². The van der Waals surface area contributed by atoms with Crippen LogP contribution in [0.2, 0.25) is 0 Å². The Morgan fingerprint density at radius 3 is 2.20 bits per heavy atom. The molecular formula is C24H37N3O3. The number of rotatable bonds is 8. The highest BCUT2D eigenvalue weighted by molar-refractivity contribution is 5.90. The summed E-state index contributed by atoms with van der Waals surface area (Å²) in [7, 11) is 3.93. The smallest absolute Gasteiger partial charge is 0.242 e. The van der Waals surface area contributed by atoms with Gasteiger partial charge in [0.05, 0.1) is 12.3 Å². The van der Waals surface area contributed by atoms with E-state index in [0.717, 1.165) is 25.0 Å². The number of carbonyl (C=O) groups excluding carboxylic acids is 2. The first-order valence-electron chi connectivity index (χ1n) is 11.6. The van der Waals surface area contributed by atoms with Crippen LogP contribution in [0.25, 0.3) is 0 Å². The third-order valence-electron chi connectivity index (χ3n) is 7.72. The van der Waals surface area contributed by atoms with Crippen molar-refractivity contribution in [2.24, 2.45) is 29.1 Å². The molecule has 4 aliphatic carbocycles. The molecule has 0 aromatic carbocycles. The Balaban J connectivity index is 1.40. The molecule has 5 rings (SSSR count). The van der Waals surface area contributed by atoms with E-state index >= 15 is 0 Å². The quantitative estimate of drug-likeness (QED) is 0.683. The van der Waals surface area contributed by atoms with Crippen LogP contribution in [0.3, 0.4) is 0 Å². The molecule has 4 saturated carbocycles. The van der Waals surface area contributed by atoms with Gasteiger partial charge in [-0.3, -0.25) is 14.5 Å². The van der Waals surface area contributed by atoms with Crippen LogP contribution in [-0.2, 0) is 9.59 Å². The zero-order valence-corrected chi connectivity index (χ0v) is 18.8. The van der Waals surface area contributed by atoms with E-state index in [2.05, 4.69) is 10.6 Å². The van der Waals surface area contributed by atoms with Crippen LogP contribution < -0.4 is 10.6 Å². The van der Waals surface area contributed by atoms with Crippen molar-refractivity contribution < 1.29 is 14.0 Å². The molecule has 2 atom stereocenters. The van der Waals surface area contributed by atoms with Crippen molar-refractivity contribution in [1.29, 1.82) is 0 Å². The van der Waals surface area contributed by atoms with E-state index in [0.29, 0.717) is 24.3 Å². The Hall–Kier alpha value is -1.82. The number of amides is 2. The number of hydrogen-bond donors (Lipinski definition) is 2. The van der Waals surface area contributed by atoms with Crippen molar-refractivity contribution in [3.63, 3.8) is 0 Å². The zero-order chi connectivity index (χ0) is 21.5. The summed E-state index contributed by atoms with van der Waals surface area (Å²) in [6.45, 7) is 4.44. The Kier molecular flexibility index (Phi) is 5.97. The van der Waals surface area contributed by atoms with Gasteiger partial charge in [-0.05, 0) is 88.4 Å². The molecular weight excluding hydrogens is 378 g/mol. The molecule has 0 radical (unpaired) electrons. The lowest BCUT2D eigenvalue weighted by molar-refractivity contribution is -0.149. The number of furan rings is 1. The minimum Gasteiger partial charge on any atom is -0.468 e. The summed E-state index contributed by atoms with van der Waals surface area (Å²) in [6, 6.07) is 3.22. The Morgan fingerprint density at radius 2 is 1.73 bits per heavy atom. The maximum Gasteiger partial charge on any atom is 0.242 e. The lowest BCUT2D eigenvalue weighted by Gasteiger charge is -2.55. The number of nitrogens with one attached hydrogen (secondary N) is 2. The molecule has 4 fully saturated rings. The van der Waals surface area contributed by atoms with Crippen molar-refractivity contribution in [3.8, 4) is 0 Å². The van der Waals surface area contributed by atoms with Crippen LogP contribution in [0.15, 0.2) is 22.8 Å². The highest BCUT2D eigenvalue weighted by Crippen LogP contribution is 2.60. The van der Waals surface area contributed by atoms with Gasteiger partial charge in [-0.2, -0.15) is 0 Å². The molecule has 6 heteroatoms. The molecule has 1 heterocycles. The first-order chi connectivity index (χ1) is 14.3. The van der Waals surface area contributed by atoms with E-state index in [1.807, 2.05) is 45.0 Å². The van der Waals surface area contributed by atoms with Crippen LogP contribution in [0.5, 0.6) is 0 Å². The number of hydrogen-bond acceptors (Lipinski definition) is 4. The molecule has 2 N–H and O–H groups in total. The fourth-order valence-corrected chi connectivity index (χ4v) is 6.54. The van der Waals surface area contributed by atoms with Gasteiger partial charge in [-0.25, -0.2) is 0 Å². The van der Waals surface area contributed by atoms with Gasteiger partial charge in [0.25, 0.3) is 0 Å². The van der Waals surface area contributed by atoms with Crippen molar-refractivity contribution in [1.82, 2.24) is 15.5 Å². The van der Waals surface area contributed by atoms with Crippen molar-refractivity contribution in [2.75, 3.05) is 20.6 Å². The van der Waals surface area contributed by atoms with E-state index in [9.17, 15) is 9.59 Å². The summed E-state index contributed by atoms with van der Waals surface area (Å²) in [5.41, 5.74) is -0.234. The monoisotopic (exact) mass is 415 g/mol. The topological polar surface area (TPSA) is 74.6 Å². The van der Waals surface area contributed by atoms with Gasteiger partial charge >= 0.3 is 0 Å². The fraction of sp³-hybridized carbons (Fsp3) is 0.750. The molecule has 2 amide bonds. The van der Waals surface area contributed by atoms with E-state index in [1.165, 1.54) is 19.3 Å². The normalized spacial score (nSPS) is 31.7. The van der Waals surface area contributed by atoms with Gasteiger partial charge in [0.2, 0.25) is 11.8 Å². The van der Waals surface area contributed by atoms with Gasteiger partial charge in [0.1, 0.15) is 11.8 Å². The SMILES string of the molecule is CC(C)C(NC(=O)C12CC3CC(CC(C3)C1)C2)C(=O)NCC(c1ccco1)N(C)C. The average molecular weight is 416 g/mol. The van der Waals surface area contributed by atoms with Gasteiger partial charge in [-0.1, -0.05) is 13.8 Å². The fourth-order valence-electron chi connectivity index (χ4n) is 6.54. The largest absolute Gasteiger partial charge is 0.468 e. The molecule has 166 valence electrons. The maximum atomic E-state index is 13.4. The summed E-state index contributed by atoms with van der Waals surface area (Å²) in [4.78, 5) is 28.5. The lowest BCUT2D eigenvalue weighted by Crippen LogP contribution is -2.58. The van der Waals surface area contributed by atoms with Crippen LogP contribution >= 0.6 is 0 Å². The molecule has 1 aromatic rings. The van der Waals surface area contributed by atoms with E-state index in [1.54, 1.807) is 6.26 Å². The molecule has 30 heavy (non-hydrogen) atoms. The summed E-state index contributed by atoms with van der Waals surface area (Å²) >= 11 is 0. The average Bonchev–Trinajstić information content (AvgIpc) is 3.18. The number of nitrogens with zero attached hydrogens (tertiary/aromatic N) is 1. The minimum absolute atomic E-state index is 0.0317. The minimum atomic E-state index is -0.509. The predicted octanol–water partition coefficient (Wildman–Crippen LogP) is 3.36. The second kappa shape index (κ2) is 8.37. The molecule has 1 aromatic heterocycles. The standard InChI is InChI=1S/C24H37N3O3/c1-15(2)21(22(28)25-14-19(27(3)4)20-6-5-7-30-20)26-23(29)24-11-16-8-17(12-24)10-18(9-16)13-24/h5-7,15-19,21H,8-14H2,1-4H3,(H,25,28)(H,26,29). The van der Waals surface area contributed by atoms with Crippen LogP contribution in [0.4, 0.5) is 0 Å². The molecule has 0 saturated heterocycles. The lowest BCUT2D eigenvalue weighted by atomic mass is 9.49. The second-order valence-corrected chi connectivity index (χ2v) is 10.6. The van der Waals surface area contributed by atoms with Gasteiger partial charge in [0, 0.05) is 12.0 Å². The predicted molar refractivity (Wildman–Crippen MR) is 116 cm³/mol. The molecule has 2 unspecified atom stereocenters. The molecule has 4 aliphatic rings. The van der Waals surface area contributed by atoms with Gasteiger partial charge < -0.3 is 15.1 Å². The second-order valence-electron chi connectivity index (χ2n) is 10.6. The number of carbonyl (C=O) groups is 2. The Bertz CT molecular complexity index is 720. The first-order valence-corrected chi connectivity index (χ1v) is 11.6. The third kappa shape index (κ3) is 4.16. The van der Waals surface area contributed by atoms with Crippen LogP contribution in [0.1, 0.15) is 64.2 Å². The van der Waals surface area contributed by atoms with Crippen LogP contribution in [0, 0.1) is 29.1 Å². The van der Waals surface area contributed by atoms with Gasteiger partial charge in [-0.15, -0.1) is 0 Å². The molecule has 4 bridgehead atoms. The van der Waals surface area contributed by atoms with E-state index in [-0.39, 0.29) is 29.2 Å². The molecule has 0 aliphatic heterocycles. The summed E-state index contributed by atoms with van der Waals surface area (Å²) in [5.74, 6) is 2.99. The van der Waals surface area contributed by atoms with E-state index in [4.69, 9.17) is 4.42 Å². The first kappa shape index (κ1) is 21.4. The summed E-state index contributed by atoms with van der Waals surface area (Å²) in [6.07, 6.45) is 8.60. The molecule has 0 spiro atoms. The van der Waals surface area contributed by atoms with Crippen molar-refractivity contribution >= 4 is 11.8 Å². The zero-order valence-electron chi connectivity index (χ0n) is 18.8. The highest BCUT2D eigenvalue weighted by atomic mass is 16.3. The van der Waals surface area contributed by atoms with Crippen LogP contribution in [-0.4, -0.2) is 43.4 Å². The van der Waals surface area contributed by atoms with Gasteiger partial charge in [0.15, 0.2) is 0 Å².